The molecule has 5 heteroatoms. The van der Waals surface area contributed by atoms with E-state index in [1.165, 1.54) is 0 Å². The van der Waals surface area contributed by atoms with Crippen molar-refractivity contribution in [2.75, 3.05) is 26.8 Å². The van der Waals surface area contributed by atoms with Gasteiger partial charge in [0.2, 0.25) is 0 Å². The molecule has 1 aliphatic heterocycles. The predicted molar refractivity (Wildman–Crippen MR) is 90.9 cm³/mol. The molecular formula is C16H22INO3. The topological polar surface area (TPSA) is 38.8 Å². The molecule has 1 atom stereocenters. The third-order valence-corrected chi connectivity index (χ3v) is 4.47. The predicted octanol–water partition coefficient (Wildman–Crippen LogP) is 3.33. The van der Waals surface area contributed by atoms with E-state index in [0.29, 0.717) is 12.1 Å². The summed E-state index contributed by atoms with van der Waals surface area (Å²) in [6, 6.07) is 5.58. The largest absolute Gasteiger partial charge is 0.496 e. The average Bonchev–Trinajstić information content (AvgIpc) is 2.99. The molecule has 0 aromatic heterocycles. The van der Waals surface area contributed by atoms with Crippen LogP contribution in [-0.2, 0) is 4.74 Å². The van der Waals surface area contributed by atoms with Crippen molar-refractivity contribution in [1.29, 1.82) is 0 Å². The summed E-state index contributed by atoms with van der Waals surface area (Å²) in [5, 5.41) is 0. The van der Waals surface area contributed by atoms with Crippen molar-refractivity contribution >= 4 is 28.5 Å². The number of hydrogen-bond acceptors (Lipinski definition) is 3. The zero-order chi connectivity index (χ0) is 15.2. The second kappa shape index (κ2) is 7.98. The number of ether oxygens (including phenoxy) is 2. The highest BCUT2D eigenvalue weighted by Crippen LogP contribution is 2.23. The van der Waals surface area contributed by atoms with Crippen LogP contribution in [0.5, 0.6) is 5.75 Å². The first-order chi connectivity index (χ1) is 10.2. The van der Waals surface area contributed by atoms with Crippen LogP contribution in [0.25, 0.3) is 0 Å². The van der Waals surface area contributed by atoms with E-state index in [-0.39, 0.29) is 12.0 Å². The van der Waals surface area contributed by atoms with E-state index in [9.17, 15) is 4.79 Å². The molecule has 116 valence electrons. The van der Waals surface area contributed by atoms with Gasteiger partial charge in [-0.3, -0.25) is 4.79 Å². The molecule has 2 rings (SSSR count). The van der Waals surface area contributed by atoms with Crippen molar-refractivity contribution in [1.82, 2.24) is 4.90 Å². The van der Waals surface area contributed by atoms with Crippen molar-refractivity contribution in [2.24, 2.45) is 0 Å². The van der Waals surface area contributed by atoms with E-state index >= 15 is 0 Å². The first-order valence-electron chi connectivity index (χ1n) is 7.40. The number of methoxy groups -OCH3 is 1. The first-order valence-corrected chi connectivity index (χ1v) is 8.48. The lowest BCUT2D eigenvalue weighted by Crippen LogP contribution is -2.38. The van der Waals surface area contributed by atoms with Crippen molar-refractivity contribution < 1.29 is 14.3 Å². The molecule has 1 amide bonds. The lowest BCUT2D eigenvalue weighted by Gasteiger charge is -2.25. The number of nitrogens with zero attached hydrogens (tertiary/aromatic N) is 1. The summed E-state index contributed by atoms with van der Waals surface area (Å²) in [7, 11) is 1.64. The van der Waals surface area contributed by atoms with Gasteiger partial charge in [-0.25, -0.2) is 0 Å². The van der Waals surface area contributed by atoms with Gasteiger partial charge in [-0.2, -0.15) is 0 Å². The van der Waals surface area contributed by atoms with Crippen LogP contribution in [-0.4, -0.2) is 43.7 Å². The normalized spacial score (nSPS) is 17.8. The van der Waals surface area contributed by atoms with Gasteiger partial charge in [0.25, 0.3) is 5.91 Å². The Balaban J connectivity index is 2.11. The second-order valence-electron chi connectivity index (χ2n) is 5.24. The quantitative estimate of drug-likeness (QED) is 0.685. The minimum Gasteiger partial charge on any atom is -0.496 e. The fraction of sp³-hybridized carbons (Fsp3) is 0.562. The van der Waals surface area contributed by atoms with Crippen LogP contribution in [0.3, 0.4) is 0 Å². The van der Waals surface area contributed by atoms with Gasteiger partial charge in [0.1, 0.15) is 5.75 Å². The molecule has 1 saturated heterocycles. The van der Waals surface area contributed by atoms with Crippen molar-refractivity contribution in [3.8, 4) is 5.75 Å². The molecule has 4 nitrogen and oxygen atoms in total. The van der Waals surface area contributed by atoms with Gasteiger partial charge >= 0.3 is 0 Å². The van der Waals surface area contributed by atoms with Crippen LogP contribution < -0.4 is 4.74 Å². The minimum absolute atomic E-state index is 0.0768. The summed E-state index contributed by atoms with van der Waals surface area (Å²) in [5.41, 5.74) is 0.714. The SMILES string of the molecule is CCCN(CC1CCCO1)C(=O)c1ccc(OC)c(I)c1. The summed E-state index contributed by atoms with van der Waals surface area (Å²) in [6.45, 7) is 4.36. The summed E-state index contributed by atoms with van der Waals surface area (Å²) in [6.07, 6.45) is 3.29. The fourth-order valence-corrected chi connectivity index (χ4v) is 3.30. The van der Waals surface area contributed by atoms with Gasteiger partial charge in [0, 0.05) is 25.3 Å². The maximum Gasteiger partial charge on any atom is 0.253 e. The first kappa shape index (κ1) is 16.5. The van der Waals surface area contributed by atoms with Crippen LogP contribution in [0.15, 0.2) is 18.2 Å². The molecule has 1 aromatic carbocycles. The Bertz CT molecular complexity index is 486. The molecule has 1 aliphatic rings. The molecule has 0 saturated carbocycles. The monoisotopic (exact) mass is 403 g/mol. The van der Waals surface area contributed by atoms with Crippen LogP contribution >= 0.6 is 22.6 Å². The Morgan fingerprint density at radius 2 is 2.33 bits per heavy atom. The number of benzene rings is 1. The number of halogens is 1. The highest BCUT2D eigenvalue weighted by Gasteiger charge is 2.23. The van der Waals surface area contributed by atoms with E-state index in [0.717, 1.165) is 41.7 Å². The van der Waals surface area contributed by atoms with Crippen LogP contribution in [0, 0.1) is 3.57 Å². The summed E-state index contributed by atoms with van der Waals surface area (Å²) < 4.78 is 11.9. The third kappa shape index (κ3) is 4.32. The molecule has 1 fully saturated rings. The number of carbonyl (C=O) groups excluding carboxylic acids is 1. The number of hydrogen-bond donors (Lipinski definition) is 0. The smallest absolute Gasteiger partial charge is 0.253 e. The standard InChI is InChI=1S/C16H22INO3/c1-3-8-18(11-13-5-4-9-21-13)16(19)12-6-7-15(20-2)14(17)10-12/h6-7,10,13H,3-5,8-9,11H2,1-2H3. The summed E-state index contributed by atoms with van der Waals surface area (Å²) in [5.74, 6) is 0.876. The maximum absolute atomic E-state index is 12.7. The third-order valence-electron chi connectivity index (χ3n) is 3.63. The Kier molecular flexibility index (Phi) is 6.29. The molecule has 1 aromatic rings. The Morgan fingerprint density at radius 1 is 1.52 bits per heavy atom. The molecule has 0 bridgehead atoms. The lowest BCUT2D eigenvalue weighted by atomic mass is 10.1. The second-order valence-corrected chi connectivity index (χ2v) is 6.40. The number of carbonyl (C=O) groups is 1. The van der Waals surface area contributed by atoms with Gasteiger partial charge < -0.3 is 14.4 Å². The van der Waals surface area contributed by atoms with Crippen LogP contribution in [0.1, 0.15) is 36.5 Å². The van der Waals surface area contributed by atoms with E-state index in [2.05, 4.69) is 29.5 Å². The van der Waals surface area contributed by atoms with Gasteiger partial charge in [0.15, 0.2) is 0 Å². The van der Waals surface area contributed by atoms with E-state index in [1.807, 2.05) is 23.1 Å². The van der Waals surface area contributed by atoms with Crippen molar-refractivity contribution in [3.63, 3.8) is 0 Å². The lowest BCUT2D eigenvalue weighted by molar-refractivity contribution is 0.0526. The Hall–Kier alpha value is -0.820. The van der Waals surface area contributed by atoms with Crippen molar-refractivity contribution in [3.05, 3.63) is 27.3 Å². The van der Waals surface area contributed by atoms with E-state index in [1.54, 1.807) is 7.11 Å². The average molecular weight is 403 g/mol. The molecule has 0 radical (unpaired) electrons. The summed E-state index contributed by atoms with van der Waals surface area (Å²) >= 11 is 2.19. The number of amides is 1. The zero-order valence-electron chi connectivity index (χ0n) is 12.6. The van der Waals surface area contributed by atoms with E-state index < -0.39 is 0 Å². The molecule has 21 heavy (non-hydrogen) atoms. The van der Waals surface area contributed by atoms with Gasteiger partial charge in [-0.05, 0) is 60.1 Å². The fourth-order valence-electron chi connectivity index (χ4n) is 2.56. The highest BCUT2D eigenvalue weighted by molar-refractivity contribution is 14.1. The highest BCUT2D eigenvalue weighted by atomic mass is 127. The number of rotatable bonds is 6. The molecule has 0 spiro atoms. The molecule has 1 heterocycles. The van der Waals surface area contributed by atoms with Gasteiger partial charge in [-0.1, -0.05) is 6.92 Å². The maximum atomic E-state index is 12.7. The molecule has 0 aliphatic carbocycles. The Labute approximate surface area is 139 Å². The van der Waals surface area contributed by atoms with Crippen LogP contribution in [0.4, 0.5) is 0 Å². The molecule has 0 N–H and O–H groups in total. The molecule has 1 unspecified atom stereocenters. The minimum atomic E-state index is 0.0768. The van der Waals surface area contributed by atoms with Gasteiger partial charge in [-0.15, -0.1) is 0 Å². The van der Waals surface area contributed by atoms with Crippen molar-refractivity contribution in [2.45, 2.75) is 32.3 Å². The Morgan fingerprint density at radius 3 is 2.90 bits per heavy atom. The van der Waals surface area contributed by atoms with Gasteiger partial charge in [0.05, 0.1) is 16.8 Å². The molecular weight excluding hydrogens is 381 g/mol. The zero-order valence-corrected chi connectivity index (χ0v) is 14.8. The van der Waals surface area contributed by atoms with Crippen LogP contribution in [0.2, 0.25) is 0 Å². The van der Waals surface area contributed by atoms with E-state index in [4.69, 9.17) is 9.47 Å². The summed E-state index contributed by atoms with van der Waals surface area (Å²) in [4.78, 5) is 14.6.